The van der Waals surface area contributed by atoms with Crippen molar-refractivity contribution in [2.75, 3.05) is 23.9 Å². The fraction of sp³-hybridized carbons (Fsp3) is 0.222. The summed E-state index contributed by atoms with van der Waals surface area (Å²) < 4.78 is 5.10. The Morgan fingerprint density at radius 3 is 2.71 bits per heavy atom. The van der Waals surface area contributed by atoms with Crippen LogP contribution in [0, 0.1) is 0 Å². The first-order valence-electron chi connectivity index (χ1n) is 7.64. The number of hydrogen-bond donors (Lipinski definition) is 1. The number of rotatable bonds is 4. The van der Waals surface area contributed by atoms with Crippen LogP contribution in [0.1, 0.15) is 23.2 Å². The van der Waals surface area contributed by atoms with E-state index in [1.807, 2.05) is 6.07 Å². The first-order chi connectivity index (χ1) is 11.6. The first-order valence-corrected chi connectivity index (χ1v) is 8.02. The number of benzene rings is 2. The quantitative estimate of drug-likeness (QED) is 0.919. The van der Waals surface area contributed by atoms with Gasteiger partial charge in [0.15, 0.2) is 0 Å². The van der Waals surface area contributed by atoms with Crippen LogP contribution in [-0.4, -0.2) is 25.5 Å². The van der Waals surface area contributed by atoms with Crippen LogP contribution >= 0.6 is 11.6 Å². The Morgan fingerprint density at radius 1 is 1.25 bits per heavy atom. The summed E-state index contributed by atoms with van der Waals surface area (Å²) in [6, 6.07) is 12.1. The second-order valence-electron chi connectivity index (χ2n) is 5.47. The van der Waals surface area contributed by atoms with Gasteiger partial charge < -0.3 is 15.0 Å². The van der Waals surface area contributed by atoms with E-state index in [1.54, 1.807) is 41.3 Å². The molecule has 2 aromatic carbocycles. The SMILES string of the molecule is COc1ccc(NC(=O)c2ccccc2N2CCCC2=O)cc1Cl. The Labute approximate surface area is 145 Å². The predicted octanol–water partition coefficient (Wildman–Crippen LogP) is 3.73. The van der Waals surface area contributed by atoms with Gasteiger partial charge in [0.05, 0.1) is 23.4 Å². The normalized spacial score (nSPS) is 13.9. The zero-order chi connectivity index (χ0) is 17.1. The fourth-order valence-corrected chi connectivity index (χ4v) is 3.00. The molecule has 124 valence electrons. The molecule has 2 aromatic rings. The molecule has 0 aromatic heterocycles. The lowest BCUT2D eigenvalue weighted by Gasteiger charge is -2.19. The van der Waals surface area contributed by atoms with E-state index in [0.717, 1.165) is 6.42 Å². The Hall–Kier alpha value is -2.53. The molecule has 0 radical (unpaired) electrons. The van der Waals surface area contributed by atoms with Crippen LogP contribution in [0.25, 0.3) is 0 Å². The lowest BCUT2D eigenvalue weighted by molar-refractivity contribution is -0.117. The number of ether oxygens (including phenoxy) is 1. The van der Waals surface area contributed by atoms with Crippen molar-refractivity contribution in [1.82, 2.24) is 0 Å². The molecule has 0 saturated carbocycles. The average molecular weight is 345 g/mol. The molecule has 1 heterocycles. The van der Waals surface area contributed by atoms with Gasteiger partial charge in [0.2, 0.25) is 5.91 Å². The van der Waals surface area contributed by atoms with Crippen molar-refractivity contribution in [3.8, 4) is 5.75 Å². The van der Waals surface area contributed by atoms with Crippen LogP contribution in [0.4, 0.5) is 11.4 Å². The smallest absolute Gasteiger partial charge is 0.257 e. The first kappa shape index (κ1) is 16.3. The monoisotopic (exact) mass is 344 g/mol. The summed E-state index contributed by atoms with van der Waals surface area (Å²) in [6.45, 7) is 0.636. The summed E-state index contributed by atoms with van der Waals surface area (Å²) in [5.41, 5.74) is 1.66. The Bertz CT molecular complexity index is 792. The molecule has 0 spiro atoms. The predicted molar refractivity (Wildman–Crippen MR) is 94.0 cm³/mol. The highest BCUT2D eigenvalue weighted by molar-refractivity contribution is 6.32. The molecule has 24 heavy (non-hydrogen) atoms. The third-order valence-corrected chi connectivity index (χ3v) is 4.22. The lowest BCUT2D eigenvalue weighted by atomic mass is 10.1. The van der Waals surface area contributed by atoms with E-state index in [0.29, 0.717) is 40.7 Å². The maximum absolute atomic E-state index is 12.6. The second kappa shape index (κ2) is 6.93. The summed E-state index contributed by atoms with van der Waals surface area (Å²) in [7, 11) is 1.53. The molecule has 1 saturated heterocycles. The molecule has 5 nitrogen and oxygen atoms in total. The summed E-state index contributed by atoms with van der Waals surface area (Å²) in [6.07, 6.45) is 1.33. The highest BCUT2D eigenvalue weighted by Gasteiger charge is 2.25. The minimum absolute atomic E-state index is 0.0442. The number of nitrogens with zero attached hydrogens (tertiary/aromatic N) is 1. The van der Waals surface area contributed by atoms with Gasteiger partial charge in [-0.3, -0.25) is 9.59 Å². The molecule has 1 N–H and O–H groups in total. The molecule has 2 amide bonds. The third kappa shape index (κ3) is 3.21. The van der Waals surface area contributed by atoms with E-state index in [2.05, 4.69) is 5.32 Å². The van der Waals surface area contributed by atoms with Crippen molar-refractivity contribution in [3.05, 3.63) is 53.1 Å². The Balaban J connectivity index is 1.85. The number of carbonyl (C=O) groups is 2. The van der Waals surface area contributed by atoms with Gasteiger partial charge in [-0.2, -0.15) is 0 Å². The minimum atomic E-state index is -0.286. The van der Waals surface area contributed by atoms with E-state index in [9.17, 15) is 9.59 Å². The molecule has 1 aliphatic rings. The van der Waals surface area contributed by atoms with Gasteiger partial charge in [0, 0.05) is 18.7 Å². The highest BCUT2D eigenvalue weighted by Crippen LogP contribution is 2.29. The molecule has 0 unspecified atom stereocenters. The number of amides is 2. The van der Waals surface area contributed by atoms with Crippen LogP contribution in [0.3, 0.4) is 0 Å². The molecular weight excluding hydrogens is 328 g/mol. The van der Waals surface area contributed by atoms with Crippen LogP contribution < -0.4 is 15.0 Å². The zero-order valence-electron chi connectivity index (χ0n) is 13.2. The van der Waals surface area contributed by atoms with Crippen LogP contribution in [0.5, 0.6) is 5.75 Å². The molecule has 6 heteroatoms. The maximum atomic E-state index is 12.6. The van der Waals surface area contributed by atoms with Gasteiger partial charge in [0.1, 0.15) is 5.75 Å². The summed E-state index contributed by atoms with van der Waals surface area (Å²) in [4.78, 5) is 26.3. The third-order valence-electron chi connectivity index (χ3n) is 3.92. The second-order valence-corrected chi connectivity index (χ2v) is 5.88. The molecule has 0 aliphatic carbocycles. The van der Waals surface area contributed by atoms with Crippen molar-refractivity contribution in [2.24, 2.45) is 0 Å². The summed E-state index contributed by atoms with van der Waals surface area (Å²) in [5, 5.41) is 3.23. The number of anilines is 2. The van der Waals surface area contributed by atoms with Gasteiger partial charge in [-0.15, -0.1) is 0 Å². The van der Waals surface area contributed by atoms with Crippen LogP contribution in [-0.2, 0) is 4.79 Å². The molecular formula is C18H17ClN2O3. The molecule has 1 aliphatic heterocycles. The van der Waals surface area contributed by atoms with E-state index in [1.165, 1.54) is 7.11 Å². The molecule has 0 atom stereocenters. The van der Waals surface area contributed by atoms with E-state index >= 15 is 0 Å². The number of halogens is 1. The molecule has 1 fully saturated rings. The number of methoxy groups -OCH3 is 1. The highest BCUT2D eigenvalue weighted by atomic mass is 35.5. The Kier molecular flexibility index (Phi) is 4.71. The van der Waals surface area contributed by atoms with Gasteiger partial charge in [-0.25, -0.2) is 0 Å². The molecule has 3 rings (SSSR count). The van der Waals surface area contributed by atoms with Gasteiger partial charge in [-0.1, -0.05) is 23.7 Å². The standard InChI is InChI=1S/C18H17ClN2O3/c1-24-16-9-8-12(11-14(16)19)20-18(23)13-5-2-3-6-15(13)21-10-4-7-17(21)22/h2-3,5-6,8-9,11H,4,7,10H2,1H3,(H,20,23). The summed E-state index contributed by atoms with van der Waals surface area (Å²) in [5.74, 6) is 0.298. The van der Waals surface area contributed by atoms with Crippen molar-refractivity contribution in [3.63, 3.8) is 0 Å². The fourth-order valence-electron chi connectivity index (χ4n) is 2.75. The van der Waals surface area contributed by atoms with Crippen molar-refractivity contribution < 1.29 is 14.3 Å². The van der Waals surface area contributed by atoms with Crippen molar-refractivity contribution >= 4 is 34.8 Å². The van der Waals surface area contributed by atoms with Gasteiger partial charge in [-0.05, 0) is 36.8 Å². The van der Waals surface area contributed by atoms with E-state index < -0.39 is 0 Å². The number of para-hydroxylation sites is 1. The van der Waals surface area contributed by atoms with E-state index in [-0.39, 0.29) is 11.8 Å². The zero-order valence-corrected chi connectivity index (χ0v) is 14.0. The molecule has 0 bridgehead atoms. The lowest BCUT2D eigenvalue weighted by Crippen LogP contribution is -2.27. The largest absolute Gasteiger partial charge is 0.495 e. The summed E-state index contributed by atoms with van der Waals surface area (Å²) >= 11 is 6.08. The van der Waals surface area contributed by atoms with Crippen molar-refractivity contribution in [1.29, 1.82) is 0 Å². The maximum Gasteiger partial charge on any atom is 0.257 e. The number of nitrogens with one attached hydrogen (secondary N) is 1. The van der Waals surface area contributed by atoms with Gasteiger partial charge in [0.25, 0.3) is 5.91 Å². The van der Waals surface area contributed by atoms with E-state index in [4.69, 9.17) is 16.3 Å². The minimum Gasteiger partial charge on any atom is -0.495 e. The van der Waals surface area contributed by atoms with Crippen molar-refractivity contribution in [2.45, 2.75) is 12.8 Å². The topological polar surface area (TPSA) is 58.6 Å². The average Bonchev–Trinajstić information content (AvgIpc) is 3.01. The number of carbonyl (C=O) groups excluding carboxylic acids is 2. The van der Waals surface area contributed by atoms with Gasteiger partial charge >= 0.3 is 0 Å². The Morgan fingerprint density at radius 2 is 2.04 bits per heavy atom. The number of hydrogen-bond acceptors (Lipinski definition) is 3. The van der Waals surface area contributed by atoms with Crippen LogP contribution in [0.15, 0.2) is 42.5 Å². The van der Waals surface area contributed by atoms with Crippen LogP contribution in [0.2, 0.25) is 5.02 Å².